The standard InChI is InChI=1S/C15H28O2/c1-4-6-7-8-9-11-15(3,12-13-16)14(17)10-5-2/h5,10,13-14,17H,4,6-9,11-12H2,1-3H3. The second-order valence-corrected chi connectivity index (χ2v) is 5.16. The topological polar surface area (TPSA) is 37.3 Å². The van der Waals surface area contributed by atoms with E-state index in [1.807, 2.05) is 19.9 Å². The molecule has 100 valence electrons. The fourth-order valence-corrected chi connectivity index (χ4v) is 2.11. The van der Waals surface area contributed by atoms with Gasteiger partial charge in [0.2, 0.25) is 0 Å². The van der Waals surface area contributed by atoms with Gasteiger partial charge in [-0.05, 0) is 13.3 Å². The Labute approximate surface area is 106 Å². The third-order valence-corrected chi connectivity index (χ3v) is 3.49. The van der Waals surface area contributed by atoms with Crippen LogP contribution in [0.1, 0.15) is 65.7 Å². The van der Waals surface area contributed by atoms with Crippen LogP contribution in [0.2, 0.25) is 0 Å². The van der Waals surface area contributed by atoms with Crippen LogP contribution < -0.4 is 0 Å². The van der Waals surface area contributed by atoms with Gasteiger partial charge in [-0.3, -0.25) is 0 Å². The first-order valence-electron chi connectivity index (χ1n) is 6.85. The minimum absolute atomic E-state index is 0.291. The summed E-state index contributed by atoms with van der Waals surface area (Å²) in [5.74, 6) is 0. The van der Waals surface area contributed by atoms with Gasteiger partial charge in [0, 0.05) is 11.8 Å². The smallest absolute Gasteiger partial charge is 0.120 e. The van der Waals surface area contributed by atoms with E-state index in [-0.39, 0.29) is 5.41 Å². The molecule has 0 aromatic carbocycles. The molecule has 2 nitrogen and oxygen atoms in total. The van der Waals surface area contributed by atoms with Crippen LogP contribution >= 0.6 is 0 Å². The molecule has 0 bridgehead atoms. The fourth-order valence-electron chi connectivity index (χ4n) is 2.11. The lowest BCUT2D eigenvalue weighted by molar-refractivity contribution is -0.111. The van der Waals surface area contributed by atoms with E-state index in [4.69, 9.17) is 0 Å². The van der Waals surface area contributed by atoms with Crippen molar-refractivity contribution in [1.29, 1.82) is 0 Å². The summed E-state index contributed by atoms with van der Waals surface area (Å²) in [6.45, 7) is 6.10. The summed E-state index contributed by atoms with van der Waals surface area (Å²) in [6.07, 6.45) is 11.5. The minimum atomic E-state index is -0.510. The Morgan fingerprint density at radius 3 is 2.41 bits per heavy atom. The average Bonchev–Trinajstić information content (AvgIpc) is 2.29. The number of aldehydes is 1. The molecule has 0 fully saturated rings. The maximum absolute atomic E-state index is 10.7. The van der Waals surface area contributed by atoms with Gasteiger partial charge < -0.3 is 9.90 Å². The highest BCUT2D eigenvalue weighted by Gasteiger charge is 2.30. The van der Waals surface area contributed by atoms with Crippen molar-refractivity contribution in [2.45, 2.75) is 71.8 Å². The van der Waals surface area contributed by atoms with Crippen molar-refractivity contribution in [3.8, 4) is 0 Å². The van der Waals surface area contributed by atoms with Crippen LogP contribution in [0.25, 0.3) is 0 Å². The number of allylic oxidation sites excluding steroid dienone is 1. The van der Waals surface area contributed by atoms with E-state index in [9.17, 15) is 9.90 Å². The van der Waals surface area contributed by atoms with E-state index in [0.29, 0.717) is 6.42 Å². The van der Waals surface area contributed by atoms with E-state index in [1.165, 1.54) is 25.7 Å². The molecule has 0 saturated heterocycles. The molecule has 17 heavy (non-hydrogen) atoms. The second kappa shape index (κ2) is 9.41. The van der Waals surface area contributed by atoms with Gasteiger partial charge in [-0.2, -0.15) is 0 Å². The van der Waals surface area contributed by atoms with E-state index >= 15 is 0 Å². The molecule has 0 aliphatic heterocycles. The van der Waals surface area contributed by atoms with Crippen molar-refractivity contribution in [2.75, 3.05) is 0 Å². The molecule has 2 atom stereocenters. The van der Waals surface area contributed by atoms with Crippen LogP contribution in [-0.4, -0.2) is 17.5 Å². The van der Waals surface area contributed by atoms with Gasteiger partial charge in [0.25, 0.3) is 0 Å². The van der Waals surface area contributed by atoms with Gasteiger partial charge in [0.05, 0.1) is 6.10 Å². The van der Waals surface area contributed by atoms with Crippen LogP contribution in [0.15, 0.2) is 12.2 Å². The number of hydrogen-bond donors (Lipinski definition) is 1. The molecule has 0 aliphatic rings. The molecule has 0 heterocycles. The highest BCUT2D eigenvalue weighted by molar-refractivity contribution is 5.51. The monoisotopic (exact) mass is 240 g/mol. The maximum Gasteiger partial charge on any atom is 0.120 e. The highest BCUT2D eigenvalue weighted by atomic mass is 16.3. The van der Waals surface area contributed by atoms with Gasteiger partial charge in [-0.15, -0.1) is 0 Å². The Morgan fingerprint density at radius 1 is 1.24 bits per heavy atom. The number of unbranched alkanes of at least 4 members (excludes halogenated alkanes) is 4. The normalized spacial score (nSPS) is 16.9. The van der Waals surface area contributed by atoms with E-state index in [2.05, 4.69) is 6.92 Å². The van der Waals surface area contributed by atoms with Crippen molar-refractivity contribution in [3.63, 3.8) is 0 Å². The fraction of sp³-hybridized carbons (Fsp3) is 0.800. The van der Waals surface area contributed by atoms with Crippen molar-refractivity contribution in [2.24, 2.45) is 5.41 Å². The third-order valence-electron chi connectivity index (χ3n) is 3.49. The Kier molecular flexibility index (Phi) is 9.06. The van der Waals surface area contributed by atoms with E-state index < -0.39 is 6.10 Å². The maximum atomic E-state index is 10.7. The summed E-state index contributed by atoms with van der Waals surface area (Å²) in [6, 6.07) is 0. The molecule has 0 rings (SSSR count). The molecule has 0 spiro atoms. The van der Waals surface area contributed by atoms with Crippen LogP contribution in [0.3, 0.4) is 0 Å². The van der Waals surface area contributed by atoms with Crippen molar-refractivity contribution in [1.82, 2.24) is 0 Å². The summed E-state index contributed by atoms with van der Waals surface area (Å²) in [4.78, 5) is 10.7. The summed E-state index contributed by atoms with van der Waals surface area (Å²) in [5.41, 5.74) is -0.291. The van der Waals surface area contributed by atoms with Gasteiger partial charge in [0.1, 0.15) is 6.29 Å². The number of carbonyl (C=O) groups is 1. The van der Waals surface area contributed by atoms with Gasteiger partial charge in [0.15, 0.2) is 0 Å². The van der Waals surface area contributed by atoms with Gasteiger partial charge in [-0.25, -0.2) is 0 Å². The molecule has 0 aromatic rings. The Morgan fingerprint density at radius 2 is 1.88 bits per heavy atom. The lowest BCUT2D eigenvalue weighted by atomic mass is 9.76. The number of rotatable bonds is 10. The second-order valence-electron chi connectivity index (χ2n) is 5.16. The molecule has 1 N–H and O–H groups in total. The average molecular weight is 240 g/mol. The zero-order valence-electron chi connectivity index (χ0n) is 11.6. The first-order chi connectivity index (χ1) is 8.10. The predicted octanol–water partition coefficient (Wildman–Crippen LogP) is 3.88. The van der Waals surface area contributed by atoms with Crippen molar-refractivity contribution >= 4 is 6.29 Å². The van der Waals surface area contributed by atoms with Crippen molar-refractivity contribution < 1.29 is 9.90 Å². The summed E-state index contributed by atoms with van der Waals surface area (Å²) >= 11 is 0. The molecular formula is C15H28O2. The largest absolute Gasteiger partial charge is 0.388 e. The lowest BCUT2D eigenvalue weighted by Gasteiger charge is -2.31. The highest BCUT2D eigenvalue weighted by Crippen LogP contribution is 2.32. The van der Waals surface area contributed by atoms with Gasteiger partial charge >= 0.3 is 0 Å². The van der Waals surface area contributed by atoms with E-state index in [0.717, 1.165) is 19.1 Å². The third kappa shape index (κ3) is 6.62. The summed E-state index contributed by atoms with van der Waals surface area (Å²) in [5, 5.41) is 10.1. The molecule has 0 aromatic heterocycles. The SMILES string of the molecule is CC=CC(O)C(C)(CC=O)CCCCCCC. The van der Waals surface area contributed by atoms with Crippen molar-refractivity contribution in [3.05, 3.63) is 12.2 Å². The Balaban J connectivity index is 4.16. The van der Waals surface area contributed by atoms with Crippen LogP contribution in [-0.2, 0) is 4.79 Å². The van der Waals surface area contributed by atoms with Gasteiger partial charge in [-0.1, -0.05) is 58.1 Å². The molecule has 2 heteroatoms. The van der Waals surface area contributed by atoms with Crippen LogP contribution in [0, 0.1) is 5.41 Å². The Hall–Kier alpha value is -0.630. The van der Waals surface area contributed by atoms with Crippen LogP contribution in [0.5, 0.6) is 0 Å². The number of aliphatic hydroxyl groups excluding tert-OH is 1. The zero-order valence-corrected chi connectivity index (χ0v) is 11.6. The summed E-state index contributed by atoms with van der Waals surface area (Å²) < 4.78 is 0. The van der Waals surface area contributed by atoms with Crippen LogP contribution in [0.4, 0.5) is 0 Å². The molecule has 0 aliphatic carbocycles. The first-order valence-corrected chi connectivity index (χ1v) is 6.85. The number of aliphatic hydroxyl groups is 1. The molecule has 0 saturated carbocycles. The summed E-state index contributed by atoms with van der Waals surface area (Å²) in [7, 11) is 0. The molecule has 0 radical (unpaired) electrons. The lowest BCUT2D eigenvalue weighted by Crippen LogP contribution is -2.31. The Bertz CT molecular complexity index is 223. The first kappa shape index (κ1) is 16.4. The number of hydrogen-bond acceptors (Lipinski definition) is 2. The molecule has 0 amide bonds. The number of carbonyl (C=O) groups excluding carboxylic acids is 1. The zero-order chi connectivity index (χ0) is 13.1. The molecule has 2 unspecified atom stereocenters. The minimum Gasteiger partial charge on any atom is -0.388 e. The van der Waals surface area contributed by atoms with E-state index in [1.54, 1.807) is 6.08 Å². The molecular weight excluding hydrogens is 212 g/mol. The quantitative estimate of drug-likeness (QED) is 0.357. The predicted molar refractivity (Wildman–Crippen MR) is 73.0 cm³/mol.